The van der Waals surface area contributed by atoms with Crippen molar-refractivity contribution in [1.29, 1.82) is 0 Å². The first-order valence-electron chi connectivity index (χ1n) is 5.06. The fourth-order valence-electron chi connectivity index (χ4n) is 1.70. The van der Waals surface area contributed by atoms with E-state index in [-0.39, 0.29) is 28.8 Å². The summed E-state index contributed by atoms with van der Waals surface area (Å²) in [5.74, 6) is -0.158. The first kappa shape index (κ1) is 12.3. The number of carbonyl (C=O) groups is 1. The third-order valence-corrected chi connectivity index (χ3v) is 4.42. The molecular weight excluding hydrogens is 264 g/mol. The SMILES string of the molecule is CCNS(=O)(=O)c1cc2c(cc1Cl)NC(=O)C2. The predicted molar refractivity (Wildman–Crippen MR) is 64.6 cm³/mol. The summed E-state index contributed by atoms with van der Waals surface area (Å²) in [6, 6.07) is 2.90. The third-order valence-electron chi connectivity index (χ3n) is 2.41. The fourth-order valence-corrected chi connectivity index (χ4v) is 3.32. The molecule has 0 atom stereocenters. The maximum absolute atomic E-state index is 11.8. The Morgan fingerprint density at radius 1 is 1.47 bits per heavy atom. The van der Waals surface area contributed by atoms with E-state index in [0.29, 0.717) is 11.3 Å². The van der Waals surface area contributed by atoms with Crippen molar-refractivity contribution in [3.8, 4) is 0 Å². The monoisotopic (exact) mass is 274 g/mol. The highest BCUT2D eigenvalue weighted by Gasteiger charge is 2.24. The van der Waals surface area contributed by atoms with Crippen molar-refractivity contribution >= 4 is 33.2 Å². The van der Waals surface area contributed by atoms with Gasteiger partial charge < -0.3 is 5.32 Å². The van der Waals surface area contributed by atoms with E-state index >= 15 is 0 Å². The molecule has 2 rings (SSSR count). The molecule has 0 unspecified atom stereocenters. The van der Waals surface area contributed by atoms with Crippen LogP contribution in [0.5, 0.6) is 0 Å². The molecule has 1 aliphatic rings. The van der Waals surface area contributed by atoms with Gasteiger partial charge in [0.2, 0.25) is 15.9 Å². The molecule has 0 bridgehead atoms. The molecule has 2 N–H and O–H groups in total. The Morgan fingerprint density at radius 3 is 2.82 bits per heavy atom. The van der Waals surface area contributed by atoms with E-state index in [2.05, 4.69) is 10.0 Å². The lowest BCUT2D eigenvalue weighted by Crippen LogP contribution is -2.23. The van der Waals surface area contributed by atoms with Crippen LogP contribution in [0.4, 0.5) is 5.69 Å². The van der Waals surface area contributed by atoms with Crippen molar-refractivity contribution in [2.75, 3.05) is 11.9 Å². The molecule has 0 radical (unpaired) electrons. The molecule has 0 saturated carbocycles. The molecule has 1 aromatic rings. The highest BCUT2D eigenvalue weighted by molar-refractivity contribution is 7.89. The van der Waals surface area contributed by atoms with Gasteiger partial charge in [0.1, 0.15) is 4.90 Å². The Bertz CT molecular complexity index is 583. The number of halogens is 1. The first-order chi connectivity index (χ1) is 7.94. The van der Waals surface area contributed by atoms with Gasteiger partial charge in [-0.15, -0.1) is 0 Å². The van der Waals surface area contributed by atoms with E-state index in [4.69, 9.17) is 11.6 Å². The lowest BCUT2D eigenvalue weighted by atomic mass is 10.2. The van der Waals surface area contributed by atoms with Crippen molar-refractivity contribution < 1.29 is 13.2 Å². The van der Waals surface area contributed by atoms with Crippen LogP contribution < -0.4 is 10.0 Å². The summed E-state index contributed by atoms with van der Waals surface area (Å²) in [4.78, 5) is 11.2. The second-order valence-corrected chi connectivity index (χ2v) is 5.81. The highest BCUT2D eigenvalue weighted by atomic mass is 35.5. The lowest BCUT2D eigenvalue weighted by molar-refractivity contribution is -0.115. The molecule has 7 heteroatoms. The standard InChI is InChI=1S/C10H11ClN2O3S/c1-2-12-17(15,16)9-3-6-4-10(14)13-8(6)5-7(9)11/h3,5,12H,2,4H2,1H3,(H,13,14). The average Bonchev–Trinajstić information content (AvgIpc) is 2.55. The summed E-state index contributed by atoms with van der Waals surface area (Å²) in [6.07, 6.45) is 0.182. The molecule has 1 aliphatic heterocycles. The van der Waals surface area contributed by atoms with Crippen molar-refractivity contribution in [2.24, 2.45) is 0 Å². The predicted octanol–water partition coefficient (Wildman–Crippen LogP) is 1.13. The Morgan fingerprint density at radius 2 is 2.18 bits per heavy atom. The smallest absolute Gasteiger partial charge is 0.242 e. The lowest BCUT2D eigenvalue weighted by Gasteiger charge is -2.08. The second-order valence-electron chi connectivity index (χ2n) is 3.67. The number of nitrogens with one attached hydrogen (secondary N) is 2. The van der Waals surface area contributed by atoms with Crippen LogP contribution in [0.15, 0.2) is 17.0 Å². The number of hydrogen-bond donors (Lipinski definition) is 2. The molecule has 1 amide bonds. The number of sulfonamides is 1. The Balaban J connectivity index is 2.51. The Labute approximate surface area is 104 Å². The molecular formula is C10H11ClN2O3S. The van der Waals surface area contributed by atoms with Gasteiger partial charge in [0.15, 0.2) is 0 Å². The molecule has 1 heterocycles. The van der Waals surface area contributed by atoms with Gasteiger partial charge in [-0.2, -0.15) is 0 Å². The van der Waals surface area contributed by atoms with Crippen LogP contribution >= 0.6 is 11.6 Å². The van der Waals surface area contributed by atoms with Crippen molar-refractivity contribution in [2.45, 2.75) is 18.2 Å². The van der Waals surface area contributed by atoms with Gasteiger partial charge in [0.05, 0.1) is 11.4 Å². The minimum absolute atomic E-state index is 0.0104. The quantitative estimate of drug-likeness (QED) is 0.868. The van der Waals surface area contributed by atoms with E-state index in [0.717, 1.165) is 0 Å². The molecule has 0 aliphatic carbocycles. The fraction of sp³-hybridized carbons (Fsp3) is 0.300. The van der Waals surface area contributed by atoms with E-state index < -0.39 is 10.0 Å². The number of amides is 1. The van der Waals surface area contributed by atoms with Gasteiger partial charge in [-0.05, 0) is 17.7 Å². The zero-order chi connectivity index (χ0) is 12.6. The summed E-state index contributed by atoms with van der Waals surface area (Å²) in [5.41, 5.74) is 1.23. The molecule has 92 valence electrons. The summed E-state index contributed by atoms with van der Waals surface area (Å²) in [7, 11) is -3.60. The van der Waals surface area contributed by atoms with Crippen LogP contribution in [0, 0.1) is 0 Å². The van der Waals surface area contributed by atoms with Crippen LogP contribution in [0.1, 0.15) is 12.5 Å². The summed E-state index contributed by atoms with van der Waals surface area (Å²) in [6.45, 7) is 1.97. The zero-order valence-corrected chi connectivity index (χ0v) is 10.7. The maximum atomic E-state index is 11.8. The van der Waals surface area contributed by atoms with Gasteiger partial charge in [-0.3, -0.25) is 4.79 Å². The van der Waals surface area contributed by atoms with Crippen LogP contribution in [0.2, 0.25) is 5.02 Å². The van der Waals surface area contributed by atoms with E-state index in [9.17, 15) is 13.2 Å². The zero-order valence-electron chi connectivity index (χ0n) is 9.08. The second kappa shape index (κ2) is 4.29. The average molecular weight is 275 g/mol. The van der Waals surface area contributed by atoms with Crippen molar-refractivity contribution in [3.05, 3.63) is 22.7 Å². The molecule has 0 aromatic heterocycles. The summed E-state index contributed by atoms with van der Waals surface area (Å²) < 4.78 is 26.0. The van der Waals surface area contributed by atoms with Gasteiger partial charge in [0, 0.05) is 12.2 Å². The minimum atomic E-state index is -3.60. The number of fused-ring (bicyclic) bond motifs is 1. The number of benzene rings is 1. The van der Waals surface area contributed by atoms with Gasteiger partial charge in [0.25, 0.3) is 0 Å². The van der Waals surface area contributed by atoms with Gasteiger partial charge >= 0.3 is 0 Å². The molecule has 17 heavy (non-hydrogen) atoms. The topological polar surface area (TPSA) is 75.3 Å². The normalized spacial score (nSPS) is 14.6. The van der Waals surface area contributed by atoms with Gasteiger partial charge in [-0.1, -0.05) is 18.5 Å². The molecule has 5 nitrogen and oxygen atoms in total. The summed E-state index contributed by atoms with van der Waals surface area (Å²) >= 11 is 5.91. The van der Waals surface area contributed by atoms with Crippen LogP contribution in [0.25, 0.3) is 0 Å². The van der Waals surface area contributed by atoms with Gasteiger partial charge in [-0.25, -0.2) is 13.1 Å². The highest BCUT2D eigenvalue weighted by Crippen LogP contribution is 2.31. The van der Waals surface area contributed by atoms with Crippen LogP contribution in [0.3, 0.4) is 0 Å². The maximum Gasteiger partial charge on any atom is 0.242 e. The molecule has 0 spiro atoms. The number of anilines is 1. The molecule has 0 saturated heterocycles. The first-order valence-corrected chi connectivity index (χ1v) is 6.92. The molecule has 1 aromatic carbocycles. The number of rotatable bonds is 3. The van der Waals surface area contributed by atoms with E-state index in [1.807, 2.05) is 0 Å². The minimum Gasteiger partial charge on any atom is -0.325 e. The largest absolute Gasteiger partial charge is 0.325 e. The molecule has 0 fully saturated rings. The third kappa shape index (κ3) is 2.29. The van der Waals surface area contributed by atoms with Crippen molar-refractivity contribution in [1.82, 2.24) is 4.72 Å². The Hall–Kier alpha value is -1.11. The van der Waals surface area contributed by atoms with E-state index in [1.165, 1.54) is 12.1 Å². The van der Waals surface area contributed by atoms with Crippen LogP contribution in [-0.2, 0) is 21.2 Å². The van der Waals surface area contributed by atoms with E-state index in [1.54, 1.807) is 6.92 Å². The van der Waals surface area contributed by atoms with Crippen LogP contribution in [-0.4, -0.2) is 20.9 Å². The number of hydrogen-bond acceptors (Lipinski definition) is 3. The van der Waals surface area contributed by atoms with Crippen molar-refractivity contribution in [3.63, 3.8) is 0 Å². The number of carbonyl (C=O) groups excluding carboxylic acids is 1. The Kier molecular flexibility index (Phi) is 3.11. The summed E-state index contributed by atoms with van der Waals surface area (Å²) in [5, 5.41) is 2.71.